The molecule has 3 N–H and O–H groups in total. The molecule has 3 rings (SSSR count). The molecule has 0 saturated carbocycles. The van der Waals surface area contributed by atoms with Crippen LogP contribution >= 0.6 is 0 Å². The van der Waals surface area contributed by atoms with Crippen molar-refractivity contribution in [3.63, 3.8) is 0 Å². The molecule has 1 heterocycles. The van der Waals surface area contributed by atoms with E-state index in [4.69, 9.17) is 5.73 Å². The highest BCUT2D eigenvalue weighted by Crippen LogP contribution is 2.24. The molecule has 6 heteroatoms. The summed E-state index contributed by atoms with van der Waals surface area (Å²) < 4.78 is 0. The van der Waals surface area contributed by atoms with E-state index in [-0.39, 0.29) is 5.56 Å². The Bertz CT molecular complexity index is 1010. The number of H-pyrrole nitrogens is 1. The molecule has 0 atom stereocenters. The maximum atomic E-state index is 12.4. The lowest BCUT2D eigenvalue weighted by Gasteiger charge is -2.13. The molecule has 3 aromatic rings. The summed E-state index contributed by atoms with van der Waals surface area (Å²) in [5.74, 6) is 0.421. The van der Waals surface area contributed by atoms with Gasteiger partial charge in [-0.05, 0) is 17.7 Å². The number of rotatable bonds is 4. The van der Waals surface area contributed by atoms with Gasteiger partial charge in [-0.15, -0.1) is 0 Å². The number of nitrogens with zero attached hydrogens (tertiary/aromatic N) is 3. The van der Waals surface area contributed by atoms with Gasteiger partial charge in [-0.2, -0.15) is 5.26 Å². The van der Waals surface area contributed by atoms with Gasteiger partial charge in [0.05, 0.1) is 5.69 Å². The van der Waals surface area contributed by atoms with Crippen LogP contribution in [-0.2, 0) is 6.54 Å². The molecular weight excluding hydrogens is 326 g/mol. The lowest BCUT2D eigenvalue weighted by molar-refractivity contribution is 1.07. The first-order chi connectivity index (χ1) is 12.5. The van der Waals surface area contributed by atoms with E-state index in [9.17, 15) is 10.1 Å². The number of anilines is 1. The zero-order valence-electron chi connectivity index (χ0n) is 14.7. The van der Waals surface area contributed by atoms with Crippen LogP contribution in [0.4, 0.5) is 5.69 Å². The van der Waals surface area contributed by atoms with Crippen LogP contribution in [0.2, 0.25) is 0 Å². The highest BCUT2D eigenvalue weighted by molar-refractivity contribution is 5.70. The lowest BCUT2D eigenvalue weighted by Crippen LogP contribution is -2.15. The Balaban J connectivity index is 2.13. The SMILES string of the molecule is CN(C)c1ccc(-c2nc(-c3ccc(CN)cc3)[nH]c(=O)c2C#N)cc1. The molecule has 0 aliphatic rings. The Hall–Kier alpha value is -3.43. The van der Waals surface area contributed by atoms with Crippen LogP contribution in [0, 0.1) is 11.3 Å². The zero-order valence-corrected chi connectivity index (χ0v) is 14.7. The second-order valence-electron chi connectivity index (χ2n) is 6.09. The minimum absolute atomic E-state index is 0.00457. The Kier molecular flexibility index (Phi) is 4.83. The first kappa shape index (κ1) is 17.4. The quantitative estimate of drug-likeness (QED) is 0.757. The smallest absolute Gasteiger partial charge is 0.269 e. The molecule has 0 amide bonds. The fourth-order valence-corrected chi connectivity index (χ4v) is 2.64. The van der Waals surface area contributed by atoms with E-state index in [1.807, 2.05) is 73.6 Å². The van der Waals surface area contributed by atoms with Crippen LogP contribution in [0.5, 0.6) is 0 Å². The van der Waals surface area contributed by atoms with Gasteiger partial charge in [-0.25, -0.2) is 4.98 Å². The first-order valence-electron chi connectivity index (χ1n) is 8.15. The normalized spacial score (nSPS) is 10.4. The summed E-state index contributed by atoms with van der Waals surface area (Å²) in [4.78, 5) is 21.6. The number of benzene rings is 2. The highest BCUT2D eigenvalue weighted by atomic mass is 16.1. The summed E-state index contributed by atoms with van der Waals surface area (Å²) in [6, 6.07) is 17.0. The molecule has 2 aromatic carbocycles. The third kappa shape index (κ3) is 3.34. The van der Waals surface area contributed by atoms with E-state index in [1.165, 1.54) is 0 Å². The van der Waals surface area contributed by atoms with Crippen molar-refractivity contribution >= 4 is 5.69 Å². The van der Waals surface area contributed by atoms with Crippen molar-refractivity contribution in [2.45, 2.75) is 6.54 Å². The van der Waals surface area contributed by atoms with Gasteiger partial charge in [0, 0.05) is 37.5 Å². The number of hydrogen-bond donors (Lipinski definition) is 2. The van der Waals surface area contributed by atoms with E-state index in [2.05, 4.69) is 9.97 Å². The monoisotopic (exact) mass is 345 g/mol. The topological polar surface area (TPSA) is 98.8 Å². The zero-order chi connectivity index (χ0) is 18.7. The maximum absolute atomic E-state index is 12.4. The molecule has 6 nitrogen and oxygen atoms in total. The average molecular weight is 345 g/mol. The summed E-state index contributed by atoms with van der Waals surface area (Å²) in [6.07, 6.45) is 0. The van der Waals surface area contributed by atoms with E-state index in [1.54, 1.807) is 0 Å². The number of nitrogens with two attached hydrogens (primary N) is 1. The number of nitriles is 1. The van der Waals surface area contributed by atoms with Crippen LogP contribution in [0.25, 0.3) is 22.6 Å². The summed E-state index contributed by atoms with van der Waals surface area (Å²) in [5, 5.41) is 9.40. The van der Waals surface area contributed by atoms with E-state index in [0.717, 1.165) is 22.4 Å². The molecule has 130 valence electrons. The van der Waals surface area contributed by atoms with Gasteiger partial charge in [-0.1, -0.05) is 36.4 Å². The van der Waals surface area contributed by atoms with Crippen molar-refractivity contribution in [2.24, 2.45) is 5.73 Å². The minimum atomic E-state index is -0.452. The van der Waals surface area contributed by atoms with Crippen LogP contribution in [0.1, 0.15) is 11.1 Å². The van der Waals surface area contributed by atoms with Crippen molar-refractivity contribution in [2.75, 3.05) is 19.0 Å². The molecule has 0 spiro atoms. The third-order valence-corrected chi connectivity index (χ3v) is 4.15. The summed E-state index contributed by atoms with van der Waals surface area (Å²) >= 11 is 0. The van der Waals surface area contributed by atoms with E-state index >= 15 is 0 Å². The number of nitrogens with one attached hydrogen (secondary N) is 1. The van der Waals surface area contributed by atoms with Crippen molar-refractivity contribution in [3.8, 4) is 28.7 Å². The Morgan fingerprint density at radius 3 is 2.23 bits per heavy atom. The van der Waals surface area contributed by atoms with Gasteiger partial charge in [0.15, 0.2) is 0 Å². The van der Waals surface area contributed by atoms with Gasteiger partial charge >= 0.3 is 0 Å². The molecule has 0 fully saturated rings. The Morgan fingerprint density at radius 2 is 1.69 bits per heavy atom. The Labute approximate surface area is 151 Å². The molecule has 0 unspecified atom stereocenters. The maximum Gasteiger partial charge on any atom is 0.269 e. The molecule has 26 heavy (non-hydrogen) atoms. The number of aromatic nitrogens is 2. The van der Waals surface area contributed by atoms with Crippen LogP contribution in [0.3, 0.4) is 0 Å². The summed E-state index contributed by atoms with van der Waals surface area (Å²) in [6.45, 7) is 0.446. The predicted octanol–water partition coefficient (Wildman–Crippen LogP) is 2.50. The van der Waals surface area contributed by atoms with Gasteiger partial charge in [0.25, 0.3) is 5.56 Å². The molecule has 0 radical (unpaired) electrons. The van der Waals surface area contributed by atoms with E-state index in [0.29, 0.717) is 18.1 Å². The molecule has 1 aromatic heterocycles. The number of hydrogen-bond acceptors (Lipinski definition) is 5. The molecule has 0 bridgehead atoms. The Morgan fingerprint density at radius 1 is 1.08 bits per heavy atom. The third-order valence-electron chi connectivity index (χ3n) is 4.15. The second-order valence-corrected chi connectivity index (χ2v) is 6.09. The fourth-order valence-electron chi connectivity index (χ4n) is 2.64. The largest absolute Gasteiger partial charge is 0.378 e. The van der Waals surface area contributed by atoms with Gasteiger partial charge < -0.3 is 15.6 Å². The lowest BCUT2D eigenvalue weighted by atomic mass is 10.1. The van der Waals surface area contributed by atoms with Gasteiger partial charge in [-0.3, -0.25) is 4.79 Å². The summed E-state index contributed by atoms with van der Waals surface area (Å²) in [7, 11) is 3.90. The summed E-state index contributed by atoms with van der Waals surface area (Å²) in [5.41, 5.74) is 9.04. The van der Waals surface area contributed by atoms with E-state index < -0.39 is 5.56 Å². The van der Waals surface area contributed by atoms with Crippen molar-refractivity contribution in [3.05, 3.63) is 70.0 Å². The van der Waals surface area contributed by atoms with Gasteiger partial charge in [0.1, 0.15) is 17.5 Å². The molecule has 0 aliphatic carbocycles. The van der Waals surface area contributed by atoms with Crippen molar-refractivity contribution in [1.82, 2.24) is 9.97 Å². The highest BCUT2D eigenvalue weighted by Gasteiger charge is 2.14. The predicted molar refractivity (Wildman–Crippen MR) is 103 cm³/mol. The van der Waals surface area contributed by atoms with Crippen molar-refractivity contribution in [1.29, 1.82) is 5.26 Å². The van der Waals surface area contributed by atoms with Crippen molar-refractivity contribution < 1.29 is 0 Å². The fraction of sp³-hybridized carbons (Fsp3) is 0.150. The van der Waals surface area contributed by atoms with Crippen LogP contribution in [-0.4, -0.2) is 24.1 Å². The van der Waals surface area contributed by atoms with Gasteiger partial charge in [0.2, 0.25) is 0 Å². The molecular formula is C20H19N5O. The molecule has 0 aliphatic heterocycles. The second kappa shape index (κ2) is 7.21. The number of aromatic amines is 1. The standard InChI is InChI=1S/C20H19N5O/c1-25(2)16-9-7-14(8-10-16)18-17(12-22)20(26)24-19(23-18)15-5-3-13(11-21)4-6-15/h3-10H,11,21H2,1-2H3,(H,23,24,26). The van der Waals surface area contributed by atoms with Crippen LogP contribution < -0.4 is 16.2 Å². The molecule has 0 saturated heterocycles. The average Bonchev–Trinajstić information content (AvgIpc) is 2.67. The first-order valence-corrected chi connectivity index (χ1v) is 8.15. The van der Waals surface area contributed by atoms with Crippen LogP contribution in [0.15, 0.2) is 53.3 Å². The minimum Gasteiger partial charge on any atom is -0.378 e.